The quantitative estimate of drug-likeness (QED) is 0.784. The van der Waals surface area contributed by atoms with E-state index in [1.165, 1.54) is 0 Å². The molecule has 0 aromatic heterocycles. The fourth-order valence-electron chi connectivity index (χ4n) is 1.62. The summed E-state index contributed by atoms with van der Waals surface area (Å²) in [5.74, 6) is -1.44. The van der Waals surface area contributed by atoms with Gasteiger partial charge in [-0.1, -0.05) is 42.5 Å². The number of benzene rings is 2. The minimum Gasteiger partial charge on any atom is -0.363 e. The van der Waals surface area contributed by atoms with Crippen molar-refractivity contribution in [1.29, 1.82) is 0 Å². The van der Waals surface area contributed by atoms with Gasteiger partial charge in [0.2, 0.25) is 5.78 Å². The van der Waals surface area contributed by atoms with Crippen LogP contribution in [0.1, 0.15) is 5.56 Å². The molecule has 3 nitrogen and oxygen atoms in total. The van der Waals surface area contributed by atoms with Crippen LogP contribution in [0.15, 0.2) is 42.5 Å². The van der Waals surface area contributed by atoms with Crippen LogP contribution < -0.4 is 5.73 Å². The zero-order valence-electron chi connectivity index (χ0n) is 8.64. The predicted molar refractivity (Wildman–Crippen MR) is 61.9 cm³/mol. The largest absolute Gasteiger partial charge is 0.363 e. The molecule has 0 atom stereocenters. The third-order valence-electron chi connectivity index (χ3n) is 2.45. The van der Waals surface area contributed by atoms with Crippen LogP contribution in [-0.2, 0) is 16.0 Å². The van der Waals surface area contributed by atoms with Crippen LogP contribution in [0, 0.1) is 0 Å². The fourth-order valence-corrected chi connectivity index (χ4v) is 1.62. The Morgan fingerprint density at radius 3 is 2.38 bits per heavy atom. The summed E-state index contributed by atoms with van der Waals surface area (Å²) in [5, 5.41) is 2.16. The van der Waals surface area contributed by atoms with Gasteiger partial charge < -0.3 is 5.73 Å². The van der Waals surface area contributed by atoms with Gasteiger partial charge in [-0.05, 0) is 16.3 Å². The summed E-state index contributed by atoms with van der Waals surface area (Å²) >= 11 is 0. The molecule has 0 spiro atoms. The number of fused-ring (bicyclic) bond motifs is 1. The van der Waals surface area contributed by atoms with E-state index in [2.05, 4.69) is 0 Å². The molecule has 2 rings (SSSR count). The zero-order valence-corrected chi connectivity index (χ0v) is 8.64. The van der Waals surface area contributed by atoms with Crippen LogP contribution in [0.3, 0.4) is 0 Å². The third-order valence-corrected chi connectivity index (χ3v) is 2.45. The first-order valence-electron chi connectivity index (χ1n) is 4.97. The van der Waals surface area contributed by atoms with E-state index in [9.17, 15) is 9.59 Å². The number of hydrogen-bond acceptors (Lipinski definition) is 2. The van der Waals surface area contributed by atoms with Crippen molar-refractivity contribution < 1.29 is 9.59 Å². The molecule has 0 radical (unpaired) electrons. The molecule has 16 heavy (non-hydrogen) atoms. The lowest BCUT2D eigenvalue weighted by Crippen LogP contribution is -2.24. The summed E-state index contributed by atoms with van der Waals surface area (Å²) in [4.78, 5) is 21.8. The molecule has 2 N–H and O–H groups in total. The first-order valence-corrected chi connectivity index (χ1v) is 4.97. The van der Waals surface area contributed by atoms with E-state index in [0.717, 1.165) is 16.3 Å². The second kappa shape index (κ2) is 4.14. The Morgan fingerprint density at radius 1 is 1.00 bits per heavy atom. The number of carbonyl (C=O) groups excluding carboxylic acids is 2. The highest BCUT2D eigenvalue weighted by Gasteiger charge is 2.09. The number of ketones is 1. The van der Waals surface area contributed by atoms with Crippen LogP contribution in [-0.4, -0.2) is 11.7 Å². The van der Waals surface area contributed by atoms with Crippen LogP contribution in [0.25, 0.3) is 10.8 Å². The highest BCUT2D eigenvalue weighted by Crippen LogP contribution is 2.15. The Balaban J connectivity index is 2.33. The van der Waals surface area contributed by atoms with E-state index >= 15 is 0 Å². The Hall–Kier alpha value is -2.16. The lowest BCUT2D eigenvalue weighted by molar-refractivity contribution is -0.135. The van der Waals surface area contributed by atoms with Gasteiger partial charge in [0.25, 0.3) is 5.91 Å². The average Bonchev–Trinajstić information content (AvgIpc) is 2.28. The first kappa shape index (κ1) is 10.4. The maximum Gasteiger partial charge on any atom is 0.285 e. The monoisotopic (exact) mass is 213 g/mol. The molecule has 0 bridgehead atoms. The lowest BCUT2D eigenvalue weighted by atomic mass is 10.0. The molecule has 0 aliphatic carbocycles. The summed E-state index contributed by atoms with van der Waals surface area (Å²) < 4.78 is 0. The Morgan fingerprint density at radius 2 is 1.69 bits per heavy atom. The zero-order chi connectivity index (χ0) is 11.5. The number of Topliss-reactive ketones (excluding diaryl/α,β-unsaturated/α-hetero) is 1. The fraction of sp³-hybridized carbons (Fsp3) is 0.0769. The lowest BCUT2D eigenvalue weighted by Gasteiger charge is -2.01. The normalized spacial score (nSPS) is 10.2. The molecule has 80 valence electrons. The van der Waals surface area contributed by atoms with Crippen LogP contribution in [0.4, 0.5) is 0 Å². The van der Waals surface area contributed by atoms with E-state index in [0.29, 0.717) is 0 Å². The standard InChI is InChI=1S/C13H11NO2/c14-13(16)12(15)8-9-5-6-10-3-1-2-4-11(10)7-9/h1-7H,8H2,(H2,14,16). The molecule has 0 heterocycles. The van der Waals surface area contributed by atoms with E-state index in [1.54, 1.807) is 0 Å². The molecular formula is C13H11NO2. The minimum atomic E-state index is -0.881. The van der Waals surface area contributed by atoms with Crippen molar-refractivity contribution in [3.63, 3.8) is 0 Å². The predicted octanol–water partition coefficient (Wildman–Crippen LogP) is 1.44. The average molecular weight is 213 g/mol. The number of rotatable bonds is 3. The summed E-state index contributed by atoms with van der Waals surface area (Å²) in [6, 6.07) is 13.5. The smallest absolute Gasteiger partial charge is 0.285 e. The van der Waals surface area contributed by atoms with Crippen LogP contribution >= 0.6 is 0 Å². The Bertz CT molecular complexity index is 561. The van der Waals surface area contributed by atoms with Crippen molar-refractivity contribution in [2.45, 2.75) is 6.42 Å². The van der Waals surface area contributed by atoms with Gasteiger partial charge >= 0.3 is 0 Å². The molecule has 0 aliphatic rings. The van der Waals surface area contributed by atoms with Gasteiger partial charge in [-0.25, -0.2) is 0 Å². The second-order valence-corrected chi connectivity index (χ2v) is 3.65. The number of primary amides is 1. The van der Waals surface area contributed by atoms with Crippen molar-refractivity contribution in [2.24, 2.45) is 5.73 Å². The SMILES string of the molecule is NC(=O)C(=O)Cc1ccc2ccccc2c1. The van der Waals surface area contributed by atoms with Crippen molar-refractivity contribution in [1.82, 2.24) is 0 Å². The topological polar surface area (TPSA) is 60.2 Å². The van der Waals surface area contributed by atoms with Crippen molar-refractivity contribution >= 4 is 22.5 Å². The summed E-state index contributed by atoms with van der Waals surface area (Å²) in [6.07, 6.45) is 0.0696. The molecule has 2 aromatic rings. The summed E-state index contributed by atoms with van der Waals surface area (Å²) in [7, 11) is 0. The van der Waals surface area contributed by atoms with Gasteiger partial charge in [-0.15, -0.1) is 0 Å². The number of hydrogen-bond donors (Lipinski definition) is 1. The van der Waals surface area contributed by atoms with Crippen molar-refractivity contribution in [3.8, 4) is 0 Å². The molecular weight excluding hydrogens is 202 g/mol. The molecule has 2 aromatic carbocycles. The van der Waals surface area contributed by atoms with Gasteiger partial charge in [0, 0.05) is 6.42 Å². The minimum absolute atomic E-state index is 0.0696. The molecule has 0 saturated heterocycles. The van der Waals surface area contributed by atoms with Crippen LogP contribution in [0.5, 0.6) is 0 Å². The highest BCUT2D eigenvalue weighted by atomic mass is 16.2. The van der Waals surface area contributed by atoms with E-state index in [4.69, 9.17) is 5.73 Å². The number of nitrogens with two attached hydrogens (primary N) is 1. The van der Waals surface area contributed by atoms with E-state index < -0.39 is 11.7 Å². The number of amides is 1. The van der Waals surface area contributed by atoms with Gasteiger partial charge in [0.05, 0.1) is 0 Å². The van der Waals surface area contributed by atoms with Gasteiger partial charge in [-0.2, -0.15) is 0 Å². The molecule has 0 aliphatic heterocycles. The van der Waals surface area contributed by atoms with Crippen LogP contribution in [0.2, 0.25) is 0 Å². The molecule has 3 heteroatoms. The molecule has 0 fully saturated rings. The maximum atomic E-state index is 11.2. The van der Waals surface area contributed by atoms with Crippen molar-refractivity contribution in [2.75, 3.05) is 0 Å². The summed E-state index contributed by atoms with van der Waals surface area (Å²) in [5.41, 5.74) is 5.72. The number of carbonyl (C=O) groups is 2. The second-order valence-electron chi connectivity index (χ2n) is 3.65. The van der Waals surface area contributed by atoms with Crippen molar-refractivity contribution in [3.05, 3.63) is 48.0 Å². The van der Waals surface area contributed by atoms with Gasteiger partial charge in [0.1, 0.15) is 0 Å². The highest BCUT2D eigenvalue weighted by molar-refractivity contribution is 6.36. The van der Waals surface area contributed by atoms with Gasteiger partial charge in [-0.3, -0.25) is 9.59 Å². The van der Waals surface area contributed by atoms with E-state index in [1.807, 2.05) is 42.5 Å². The third kappa shape index (κ3) is 2.08. The van der Waals surface area contributed by atoms with E-state index in [-0.39, 0.29) is 6.42 Å². The Kier molecular flexibility index (Phi) is 2.68. The molecule has 0 unspecified atom stereocenters. The molecule has 1 amide bonds. The first-order chi connectivity index (χ1) is 7.66. The Labute approximate surface area is 92.9 Å². The summed E-state index contributed by atoms with van der Waals surface area (Å²) in [6.45, 7) is 0. The van der Waals surface area contributed by atoms with Gasteiger partial charge in [0.15, 0.2) is 0 Å². The maximum absolute atomic E-state index is 11.2. The molecule has 0 saturated carbocycles.